The highest BCUT2D eigenvalue weighted by atomic mass is 16.2. The first-order valence-corrected chi connectivity index (χ1v) is 7.56. The summed E-state index contributed by atoms with van der Waals surface area (Å²) in [7, 11) is 0. The fourth-order valence-electron chi connectivity index (χ4n) is 3.01. The molecule has 18 heavy (non-hydrogen) atoms. The topological polar surface area (TPSA) is 41.1 Å². The molecule has 0 bridgehead atoms. The second-order valence-electron chi connectivity index (χ2n) is 6.76. The summed E-state index contributed by atoms with van der Waals surface area (Å²) in [4.78, 5) is 12.0. The van der Waals surface area contributed by atoms with Crippen molar-refractivity contribution in [3.05, 3.63) is 0 Å². The minimum atomic E-state index is 0.254. The third-order valence-corrected chi connectivity index (χ3v) is 4.59. The van der Waals surface area contributed by atoms with Crippen molar-refractivity contribution in [1.29, 1.82) is 0 Å². The van der Waals surface area contributed by atoms with Crippen LogP contribution in [0.4, 0.5) is 0 Å². The van der Waals surface area contributed by atoms with Gasteiger partial charge in [-0.25, -0.2) is 0 Å². The molecule has 3 heteroatoms. The molecule has 104 valence electrons. The molecular formula is C15H28N2O. The monoisotopic (exact) mass is 252 g/mol. The van der Waals surface area contributed by atoms with Crippen LogP contribution in [0.1, 0.15) is 59.3 Å². The number of rotatable bonds is 5. The second-order valence-corrected chi connectivity index (χ2v) is 6.76. The highest BCUT2D eigenvalue weighted by molar-refractivity contribution is 5.82. The van der Waals surface area contributed by atoms with E-state index in [2.05, 4.69) is 31.4 Å². The number of amides is 1. The SMILES string of the molecule is CCCNC1CCC(NC(=O)C2CC2(C)C)CC1. The van der Waals surface area contributed by atoms with Gasteiger partial charge in [0.2, 0.25) is 5.91 Å². The molecule has 0 aromatic rings. The Morgan fingerprint density at radius 3 is 2.22 bits per heavy atom. The summed E-state index contributed by atoms with van der Waals surface area (Å²) in [5.74, 6) is 0.568. The van der Waals surface area contributed by atoms with Crippen LogP contribution in [-0.4, -0.2) is 24.5 Å². The molecule has 0 aromatic carbocycles. The normalized spacial score (nSPS) is 34.1. The molecule has 0 aliphatic heterocycles. The molecule has 3 nitrogen and oxygen atoms in total. The molecule has 0 saturated heterocycles. The average Bonchev–Trinajstić information content (AvgIpc) is 2.98. The van der Waals surface area contributed by atoms with E-state index in [1.165, 1.54) is 19.3 Å². The Morgan fingerprint density at radius 1 is 1.17 bits per heavy atom. The van der Waals surface area contributed by atoms with Crippen molar-refractivity contribution in [2.75, 3.05) is 6.54 Å². The summed E-state index contributed by atoms with van der Waals surface area (Å²) in [5.41, 5.74) is 0.254. The van der Waals surface area contributed by atoms with Crippen LogP contribution in [0.3, 0.4) is 0 Å². The number of hydrogen-bond acceptors (Lipinski definition) is 2. The lowest BCUT2D eigenvalue weighted by molar-refractivity contribution is -0.123. The van der Waals surface area contributed by atoms with Gasteiger partial charge in [-0.3, -0.25) is 4.79 Å². The van der Waals surface area contributed by atoms with E-state index in [4.69, 9.17) is 0 Å². The maximum absolute atomic E-state index is 12.0. The van der Waals surface area contributed by atoms with Gasteiger partial charge in [0.25, 0.3) is 0 Å². The van der Waals surface area contributed by atoms with E-state index in [0.717, 1.165) is 25.8 Å². The molecule has 0 radical (unpaired) electrons. The first kappa shape index (κ1) is 13.9. The van der Waals surface area contributed by atoms with Gasteiger partial charge in [0, 0.05) is 18.0 Å². The zero-order chi connectivity index (χ0) is 13.2. The molecule has 1 unspecified atom stereocenters. The lowest BCUT2D eigenvalue weighted by atomic mass is 9.91. The zero-order valence-electron chi connectivity index (χ0n) is 12.1. The van der Waals surface area contributed by atoms with Crippen molar-refractivity contribution in [3.8, 4) is 0 Å². The van der Waals surface area contributed by atoms with Gasteiger partial charge < -0.3 is 10.6 Å². The van der Waals surface area contributed by atoms with E-state index in [1.807, 2.05) is 0 Å². The molecule has 0 spiro atoms. The predicted molar refractivity (Wildman–Crippen MR) is 74.4 cm³/mol. The maximum Gasteiger partial charge on any atom is 0.223 e. The zero-order valence-corrected chi connectivity index (χ0v) is 12.1. The molecular weight excluding hydrogens is 224 g/mol. The van der Waals surface area contributed by atoms with Crippen LogP contribution in [0, 0.1) is 11.3 Å². The van der Waals surface area contributed by atoms with Crippen LogP contribution in [-0.2, 0) is 4.79 Å². The van der Waals surface area contributed by atoms with Crippen LogP contribution in [0.15, 0.2) is 0 Å². The first-order valence-electron chi connectivity index (χ1n) is 7.56. The molecule has 2 aliphatic carbocycles. The summed E-state index contributed by atoms with van der Waals surface area (Å²) >= 11 is 0. The van der Waals surface area contributed by atoms with Crippen LogP contribution >= 0.6 is 0 Å². The largest absolute Gasteiger partial charge is 0.353 e. The van der Waals surface area contributed by atoms with Gasteiger partial charge in [0.05, 0.1) is 0 Å². The minimum absolute atomic E-state index is 0.254. The quantitative estimate of drug-likeness (QED) is 0.789. The van der Waals surface area contributed by atoms with Crippen molar-refractivity contribution in [1.82, 2.24) is 10.6 Å². The smallest absolute Gasteiger partial charge is 0.223 e. The summed E-state index contributed by atoms with van der Waals surface area (Å²) in [5, 5.41) is 6.83. The Hall–Kier alpha value is -0.570. The molecule has 1 atom stereocenters. The minimum Gasteiger partial charge on any atom is -0.353 e. The molecule has 2 saturated carbocycles. The number of carbonyl (C=O) groups excluding carboxylic acids is 1. The Bertz CT molecular complexity index is 293. The first-order chi connectivity index (χ1) is 8.53. The van der Waals surface area contributed by atoms with Gasteiger partial charge in [0.15, 0.2) is 0 Å². The van der Waals surface area contributed by atoms with Gasteiger partial charge >= 0.3 is 0 Å². The molecule has 2 rings (SSSR count). The Kier molecular flexibility index (Phi) is 4.31. The van der Waals surface area contributed by atoms with Crippen LogP contribution < -0.4 is 10.6 Å². The van der Waals surface area contributed by atoms with E-state index in [9.17, 15) is 4.79 Å². The number of carbonyl (C=O) groups is 1. The van der Waals surface area contributed by atoms with Crippen molar-refractivity contribution >= 4 is 5.91 Å². The van der Waals surface area contributed by atoms with Crippen LogP contribution in [0.5, 0.6) is 0 Å². The van der Waals surface area contributed by atoms with Crippen LogP contribution in [0.25, 0.3) is 0 Å². The van der Waals surface area contributed by atoms with Crippen molar-refractivity contribution < 1.29 is 4.79 Å². The summed E-state index contributed by atoms with van der Waals surface area (Å²) in [6.45, 7) is 7.69. The lowest BCUT2D eigenvalue weighted by Crippen LogP contribution is -2.43. The Morgan fingerprint density at radius 2 is 1.72 bits per heavy atom. The maximum atomic E-state index is 12.0. The summed E-state index contributed by atoms with van der Waals surface area (Å²) in [6, 6.07) is 1.10. The predicted octanol–water partition coefficient (Wildman–Crippen LogP) is 2.46. The molecule has 1 amide bonds. The van der Waals surface area contributed by atoms with Gasteiger partial charge in [-0.2, -0.15) is 0 Å². The Balaban J connectivity index is 1.66. The molecule has 2 aliphatic rings. The molecule has 0 heterocycles. The molecule has 2 N–H and O–H groups in total. The van der Waals surface area contributed by atoms with E-state index in [1.54, 1.807) is 0 Å². The van der Waals surface area contributed by atoms with E-state index >= 15 is 0 Å². The summed E-state index contributed by atoms with van der Waals surface area (Å²) in [6.07, 6.45) is 6.96. The highest BCUT2D eigenvalue weighted by Crippen LogP contribution is 2.51. The Labute approximate surface area is 111 Å². The van der Waals surface area contributed by atoms with E-state index in [-0.39, 0.29) is 11.3 Å². The lowest BCUT2D eigenvalue weighted by Gasteiger charge is -2.30. The second kappa shape index (κ2) is 5.60. The van der Waals surface area contributed by atoms with Gasteiger partial charge in [0.1, 0.15) is 0 Å². The number of nitrogens with one attached hydrogen (secondary N) is 2. The third kappa shape index (κ3) is 3.47. The van der Waals surface area contributed by atoms with Gasteiger partial charge in [-0.15, -0.1) is 0 Å². The van der Waals surface area contributed by atoms with E-state index in [0.29, 0.717) is 18.0 Å². The fourth-order valence-corrected chi connectivity index (χ4v) is 3.01. The summed E-state index contributed by atoms with van der Waals surface area (Å²) < 4.78 is 0. The van der Waals surface area contributed by atoms with Crippen molar-refractivity contribution in [2.45, 2.75) is 71.4 Å². The third-order valence-electron chi connectivity index (χ3n) is 4.59. The molecule has 2 fully saturated rings. The number of hydrogen-bond donors (Lipinski definition) is 2. The van der Waals surface area contributed by atoms with Gasteiger partial charge in [-0.1, -0.05) is 20.8 Å². The van der Waals surface area contributed by atoms with Crippen molar-refractivity contribution in [3.63, 3.8) is 0 Å². The molecule has 0 aromatic heterocycles. The van der Waals surface area contributed by atoms with Crippen molar-refractivity contribution in [2.24, 2.45) is 11.3 Å². The standard InChI is InChI=1S/C15H28N2O/c1-4-9-16-11-5-7-12(8-6-11)17-14(18)13-10-15(13,2)3/h11-13,16H,4-10H2,1-3H3,(H,17,18). The average molecular weight is 252 g/mol. The van der Waals surface area contributed by atoms with Gasteiger partial charge in [-0.05, 0) is 50.5 Å². The fraction of sp³-hybridized carbons (Fsp3) is 0.933. The van der Waals surface area contributed by atoms with E-state index < -0.39 is 0 Å². The van der Waals surface area contributed by atoms with Crippen LogP contribution in [0.2, 0.25) is 0 Å². The highest BCUT2D eigenvalue weighted by Gasteiger charge is 2.50.